The fourth-order valence-corrected chi connectivity index (χ4v) is 3.16. The van der Waals surface area contributed by atoms with Crippen LogP contribution in [-0.4, -0.2) is 27.1 Å². The molecule has 0 fully saturated rings. The van der Waals surface area contributed by atoms with Crippen LogP contribution in [0.5, 0.6) is 0 Å². The highest BCUT2D eigenvalue weighted by Gasteiger charge is 2.13. The molecule has 2 aromatic rings. The summed E-state index contributed by atoms with van der Waals surface area (Å²) in [6, 6.07) is 13.4. The highest BCUT2D eigenvalue weighted by molar-refractivity contribution is 7.92. The number of benzene rings is 2. The van der Waals surface area contributed by atoms with Gasteiger partial charge >= 0.3 is 0 Å². The molecule has 0 aromatic heterocycles. The maximum Gasteiger partial charge on any atom is 0.251 e. The highest BCUT2D eigenvalue weighted by atomic mass is 32.2. The standard InChI is InChI=1S/C19H24N2O3S/c1-14-9-11-16(12-10-14)6-5-13-20-19(22)17-7-4-8-18(15(17)2)21-25(3,23)24/h4,7-12,21H,5-6,13H2,1-3H3,(H,20,22). The lowest BCUT2D eigenvalue weighted by Crippen LogP contribution is -2.26. The average molecular weight is 360 g/mol. The molecule has 0 heterocycles. The number of nitrogens with one attached hydrogen (secondary N) is 2. The summed E-state index contributed by atoms with van der Waals surface area (Å²) in [5.41, 5.74) is 3.99. The predicted octanol–water partition coefficient (Wildman–Crippen LogP) is 3.04. The first-order valence-corrected chi connectivity index (χ1v) is 10.1. The second kappa shape index (κ2) is 8.16. The van der Waals surface area contributed by atoms with Gasteiger partial charge in [-0.05, 0) is 49.9 Å². The third-order valence-corrected chi connectivity index (χ3v) is 4.51. The fraction of sp³-hybridized carbons (Fsp3) is 0.316. The molecule has 2 N–H and O–H groups in total. The topological polar surface area (TPSA) is 75.3 Å². The third-order valence-electron chi connectivity index (χ3n) is 3.92. The minimum atomic E-state index is -3.38. The molecule has 2 rings (SSSR count). The number of hydrogen-bond acceptors (Lipinski definition) is 3. The van der Waals surface area contributed by atoms with Gasteiger partial charge in [0.2, 0.25) is 10.0 Å². The van der Waals surface area contributed by atoms with Crippen molar-refractivity contribution in [2.45, 2.75) is 26.7 Å². The first kappa shape index (κ1) is 19.0. The van der Waals surface area contributed by atoms with Crippen molar-refractivity contribution in [3.05, 3.63) is 64.7 Å². The number of rotatable bonds is 7. The van der Waals surface area contributed by atoms with Gasteiger partial charge in [-0.2, -0.15) is 0 Å². The van der Waals surface area contributed by atoms with E-state index in [0.717, 1.165) is 19.1 Å². The summed E-state index contributed by atoms with van der Waals surface area (Å²) in [7, 11) is -3.38. The second-order valence-corrected chi connectivity index (χ2v) is 7.95. The van der Waals surface area contributed by atoms with E-state index in [-0.39, 0.29) is 5.91 Å². The monoisotopic (exact) mass is 360 g/mol. The summed E-state index contributed by atoms with van der Waals surface area (Å²) >= 11 is 0. The Labute approximate surface area is 149 Å². The molecule has 0 unspecified atom stereocenters. The normalized spacial score (nSPS) is 11.2. The van der Waals surface area contributed by atoms with Crippen molar-refractivity contribution >= 4 is 21.6 Å². The Hall–Kier alpha value is -2.34. The summed E-state index contributed by atoms with van der Waals surface area (Å²) in [6.45, 7) is 4.35. The largest absolute Gasteiger partial charge is 0.352 e. The van der Waals surface area contributed by atoms with Gasteiger partial charge in [0.1, 0.15) is 0 Å². The number of carbonyl (C=O) groups excluding carboxylic acids is 1. The van der Waals surface area contributed by atoms with Crippen LogP contribution >= 0.6 is 0 Å². The van der Waals surface area contributed by atoms with Gasteiger partial charge in [0.25, 0.3) is 5.91 Å². The molecule has 0 aliphatic heterocycles. The first-order valence-electron chi connectivity index (χ1n) is 8.17. The van der Waals surface area contributed by atoms with E-state index in [1.165, 1.54) is 11.1 Å². The van der Waals surface area contributed by atoms with Gasteiger partial charge in [-0.1, -0.05) is 35.9 Å². The van der Waals surface area contributed by atoms with Crippen LogP contribution in [-0.2, 0) is 16.4 Å². The lowest BCUT2D eigenvalue weighted by atomic mass is 10.1. The number of carbonyl (C=O) groups is 1. The van der Waals surface area contributed by atoms with Gasteiger partial charge in [-0.15, -0.1) is 0 Å². The van der Waals surface area contributed by atoms with Gasteiger partial charge in [0.05, 0.1) is 11.9 Å². The Morgan fingerprint density at radius 3 is 2.36 bits per heavy atom. The van der Waals surface area contributed by atoms with E-state index in [1.807, 2.05) is 0 Å². The number of amides is 1. The van der Waals surface area contributed by atoms with E-state index in [0.29, 0.717) is 23.4 Å². The number of hydrogen-bond donors (Lipinski definition) is 2. The molecule has 0 aliphatic rings. The number of aryl methyl sites for hydroxylation is 2. The molecule has 6 heteroatoms. The lowest BCUT2D eigenvalue weighted by Gasteiger charge is -2.12. The van der Waals surface area contributed by atoms with E-state index in [4.69, 9.17) is 0 Å². The quantitative estimate of drug-likeness (QED) is 0.745. The van der Waals surface area contributed by atoms with Crippen molar-refractivity contribution in [2.75, 3.05) is 17.5 Å². The van der Waals surface area contributed by atoms with Crippen molar-refractivity contribution in [1.82, 2.24) is 5.32 Å². The van der Waals surface area contributed by atoms with E-state index in [2.05, 4.69) is 41.2 Å². The van der Waals surface area contributed by atoms with Crippen LogP contribution in [0.4, 0.5) is 5.69 Å². The average Bonchev–Trinajstić information content (AvgIpc) is 2.54. The van der Waals surface area contributed by atoms with Crippen molar-refractivity contribution in [3.63, 3.8) is 0 Å². The molecule has 0 saturated carbocycles. The molecule has 2 aromatic carbocycles. The molecule has 134 valence electrons. The molecule has 0 bridgehead atoms. The highest BCUT2D eigenvalue weighted by Crippen LogP contribution is 2.19. The zero-order chi connectivity index (χ0) is 18.4. The van der Waals surface area contributed by atoms with Crippen molar-refractivity contribution < 1.29 is 13.2 Å². The van der Waals surface area contributed by atoms with Gasteiger partial charge in [-0.25, -0.2) is 8.42 Å². The zero-order valence-electron chi connectivity index (χ0n) is 14.8. The molecule has 0 atom stereocenters. The lowest BCUT2D eigenvalue weighted by molar-refractivity contribution is 0.0952. The number of anilines is 1. The van der Waals surface area contributed by atoms with Crippen LogP contribution in [0, 0.1) is 13.8 Å². The minimum Gasteiger partial charge on any atom is -0.352 e. The van der Waals surface area contributed by atoms with Crippen LogP contribution in [0.15, 0.2) is 42.5 Å². The van der Waals surface area contributed by atoms with Crippen LogP contribution in [0.25, 0.3) is 0 Å². The Morgan fingerprint density at radius 1 is 1.04 bits per heavy atom. The molecule has 0 spiro atoms. The molecule has 0 aliphatic carbocycles. The number of sulfonamides is 1. The molecular weight excluding hydrogens is 336 g/mol. The predicted molar refractivity (Wildman–Crippen MR) is 101 cm³/mol. The van der Waals surface area contributed by atoms with Crippen LogP contribution < -0.4 is 10.0 Å². The van der Waals surface area contributed by atoms with Crippen LogP contribution in [0.2, 0.25) is 0 Å². The van der Waals surface area contributed by atoms with Crippen LogP contribution in [0.1, 0.15) is 33.5 Å². The zero-order valence-corrected chi connectivity index (χ0v) is 15.6. The summed E-state index contributed by atoms with van der Waals surface area (Å²) in [6.07, 6.45) is 2.83. The molecule has 0 saturated heterocycles. The second-order valence-electron chi connectivity index (χ2n) is 6.20. The van der Waals surface area contributed by atoms with Crippen molar-refractivity contribution in [3.8, 4) is 0 Å². The maximum absolute atomic E-state index is 12.4. The Balaban J connectivity index is 1.92. The van der Waals surface area contributed by atoms with Gasteiger partial charge in [-0.3, -0.25) is 9.52 Å². The van der Waals surface area contributed by atoms with E-state index < -0.39 is 10.0 Å². The molecule has 1 amide bonds. The molecule has 25 heavy (non-hydrogen) atoms. The third kappa shape index (κ3) is 5.90. The Morgan fingerprint density at radius 2 is 1.72 bits per heavy atom. The SMILES string of the molecule is Cc1ccc(CCCNC(=O)c2cccc(NS(C)(=O)=O)c2C)cc1. The van der Waals surface area contributed by atoms with Gasteiger partial charge in [0, 0.05) is 12.1 Å². The summed E-state index contributed by atoms with van der Waals surface area (Å²) in [5, 5.41) is 2.90. The first-order chi connectivity index (χ1) is 11.8. The minimum absolute atomic E-state index is 0.196. The molecular formula is C19H24N2O3S. The summed E-state index contributed by atoms with van der Waals surface area (Å²) < 4.78 is 25.2. The maximum atomic E-state index is 12.4. The Kier molecular flexibility index (Phi) is 6.20. The summed E-state index contributed by atoms with van der Waals surface area (Å²) in [4.78, 5) is 12.4. The van der Waals surface area contributed by atoms with E-state index in [9.17, 15) is 13.2 Å². The van der Waals surface area contributed by atoms with Gasteiger partial charge < -0.3 is 5.32 Å². The van der Waals surface area contributed by atoms with Crippen molar-refractivity contribution in [1.29, 1.82) is 0 Å². The summed E-state index contributed by atoms with van der Waals surface area (Å²) in [5.74, 6) is -0.196. The van der Waals surface area contributed by atoms with Crippen molar-refractivity contribution in [2.24, 2.45) is 0 Å². The smallest absolute Gasteiger partial charge is 0.251 e. The van der Waals surface area contributed by atoms with E-state index >= 15 is 0 Å². The molecule has 5 nitrogen and oxygen atoms in total. The Bertz CT molecular complexity index is 843. The van der Waals surface area contributed by atoms with Crippen LogP contribution in [0.3, 0.4) is 0 Å². The fourth-order valence-electron chi connectivity index (χ4n) is 2.54. The molecule has 0 radical (unpaired) electrons. The van der Waals surface area contributed by atoms with E-state index in [1.54, 1.807) is 25.1 Å². The van der Waals surface area contributed by atoms with Gasteiger partial charge in [0.15, 0.2) is 0 Å².